The van der Waals surface area contributed by atoms with Crippen LogP contribution in [-0.2, 0) is 0 Å². The van der Waals surface area contributed by atoms with Crippen molar-refractivity contribution in [2.45, 2.75) is 0 Å². The molecule has 0 fully saturated rings. The lowest BCUT2D eigenvalue weighted by Crippen LogP contribution is -1.91. The van der Waals surface area contributed by atoms with E-state index in [1.807, 2.05) is 0 Å². The first kappa shape index (κ1) is 11.5. The predicted octanol–water partition coefficient (Wildman–Crippen LogP) is 3.24. The average Bonchev–Trinajstić information content (AvgIpc) is 2.29. The van der Waals surface area contributed by atoms with E-state index in [2.05, 4.69) is 4.98 Å². The summed E-state index contributed by atoms with van der Waals surface area (Å²) >= 11 is 5.80. The molecule has 5 heteroatoms. The monoisotopic (exact) mass is 247 g/mol. The number of hydrogen-bond acceptors (Lipinski definition) is 3. The summed E-state index contributed by atoms with van der Waals surface area (Å²) in [7, 11) is 0. The summed E-state index contributed by atoms with van der Waals surface area (Å²) in [5.41, 5.74) is 1.61. The van der Waals surface area contributed by atoms with Crippen LogP contribution in [0.15, 0.2) is 42.7 Å². The summed E-state index contributed by atoms with van der Waals surface area (Å²) in [6, 6.07) is 8.12. The molecule has 0 aliphatic heterocycles. The first-order valence-corrected chi connectivity index (χ1v) is 5.23. The summed E-state index contributed by atoms with van der Waals surface area (Å²) in [6.07, 6.45) is 4.96. The van der Waals surface area contributed by atoms with Gasteiger partial charge in [0.2, 0.25) is 0 Å². The lowest BCUT2D eigenvalue weighted by atomic mass is 10.1. The van der Waals surface area contributed by atoms with E-state index in [1.54, 1.807) is 30.8 Å². The minimum Gasteiger partial charge on any atom is -0.263 e. The van der Waals surface area contributed by atoms with Gasteiger partial charge in [0, 0.05) is 30.9 Å². The van der Waals surface area contributed by atoms with Gasteiger partial charge >= 0.3 is 0 Å². The number of non-ortho nitro benzene ring substituents is 1. The highest BCUT2D eigenvalue weighted by Crippen LogP contribution is 2.19. The van der Waals surface area contributed by atoms with Crippen molar-refractivity contribution in [3.05, 3.63) is 75.4 Å². The Morgan fingerprint density at radius 2 is 2.06 bits per heavy atom. The SMILES string of the molecule is O=[N+]([O-])c1cccc([CH]c2cncc(Cl)c2)c1. The van der Waals surface area contributed by atoms with Gasteiger partial charge in [0.15, 0.2) is 0 Å². The maximum absolute atomic E-state index is 10.6. The van der Waals surface area contributed by atoms with Crippen molar-refractivity contribution in [1.82, 2.24) is 4.98 Å². The van der Waals surface area contributed by atoms with Crippen molar-refractivity contribution < 1.29 is 4.92 Å². The Kier molecular flexibility index (Phi) is 3.35. The maximum atomic E-state index is 10.6. The second-order valence-electron chi connectivity index (χ2n) is 3.43. The molecule has 2 rings (SSSR count). The van der Waals surface area contributed by atoms with Crippen LogP contribution in [0.5, 0.6) is 0 Å². The van der Waals surface area contributed by atoms with Crippen LogP contribution < -0.4 is 0 Å². The van der Waals surface area contributed by atoms with Crippen LogP contribution in [0.3, 0.4) is 0 Å². The molecule has 0 amide bonds. The van der Waals surface area contributed by atoms with Gasteiger partial charge in [-0.15, -0.1) is 0 Å². The minimum atomic E-state index is -0.423. The lowest BCUT2D eigenvalue weighted by molar-refractivity contribution is -0.384. The second-order valence-corrected chi connectivity index (χ2v) is 3.87. The van der Waals surface area contributed by atoms with Crippen molar-refractivity contribution in [1.29, 1.82) is 0 Å². The molecule has 0 spiro atoms. The van der Waals surface area contributed by atoms with Gasteiger partial charge in [-0.2, -0.15) is 0 Å². The predicted molar refractivity (Wildman–Crippen MR) is 64.8 cm³/mol. The molecule has 1 radical (unpaired) electrons. The van der Waals surface area contributed by atoms with E-state index in [4.69, 9.17) is 11.6 Å². The summed E-state index contributed by atoms with van der Waals surface area (Å²) in [5, 5.41) is 11.1. The highest BCUT2D eigenvalue weighted by molar-refractivity contribution is 6.30. The van der Waals surface area contributed by atoms with Crippen molar-refractivity contribution in [2.24, 2.45) is 0 Å². The molecular weight excluding hydrogens is 240 g/mol. The molecule has 17 heavy (non-hydrogen) atoms. The minimum absolute atomic E-state index is 0.0636. The molecule has 0 unspecified atom stereocenters. The van der Waals surface area contributed by atoms with Crippen molar-refractivity contribution >= 4 is 17.3 Å². The molecule has 0 bridgehead atoms. The molecule has 4 nitrogen and oxygen atoms in total. The number of benzene rings is 1. The fraction of sp³-hybridized carbons (Fsp3) is 0. The Labute approximate surface area is 103 Å². The van der Waals surface area contributed by atoms with Crippen LogP contribution in [-0.4, -0.2) is 9.91 Å². The van der Waals surface area contributed by atoms with Crippen LogP contribution in [0.2, 0.25) is 5.02 Å². The lowest BCUT2D eigenvalue weighted by Gasteiger charge is -2.01. The van der Waals surface area contributed by atoms with E-state index in [0.717, 1.165) is 11.1 Å². The van der Waals surface area contributed by atoms with Gasteiger partial charge in [-0.1, -0.05) is 23.7 Å². The normalized spacial score (nSPS) is 10.2. The summed E-state index contributed by atoms with van der Waals surface area (Å²) in [6.45, 7) is 0. The smallest absolute Gasteiger partial charge is 0.263 e. The number of nitro benzene ring substituents is 1. The molecule has 1 heterocycles. The molecule has 1 aromatic carbocycles. The number of nitrogens with zero attached hydrogens (tertiary/aromatic N) is 2. The van der Waals surface area contributed by atoms with Gasteiger partial charge in [0.25, 0.3) is 5.69 Å². The molecule has 0 saturated carbocycles. The van der Waals surface area contributed by atoms with Gasteiger partial charge in [0.05, 0.1) is 9.95 Å². The van der Waals surface area contributed by atoms with Crippen molar-refractivity contribution in [3.8, 4) is 0 Å². The van der Waals surface area contributed by atoms with E-state index < -0.39 is 4.92 Å². The van der Waals surface area contributed by atoms with Crippen LogP contribution in [0.4, 0.5) is 5.69 Å². The molecule has 0 aliphatic rings. The van der Waals surface area contributed by atoms with E-state index >= 15 is 0 Å². The standard InChI is InChI=1S/C12H8ClN2O2/c13-11-5-10(7-14-8-11)4-9-2-1-3-12(6-9)15(16)17/h1-8H. The van der Waals surface area contributed by atoms with Crippen LogP contribution in [0.1, 0.15) is 11.1 Å². The number of nitro groups is 1. The molecule has 0 saturated heterocycles. The van der Waals surface area contributed by atoms with E-state index in [9.17, 15) is 10.1 Å². The molecule has 0 N–H and O–H groups in total. The molecule has 0 atom stereocenters. The average molecular weight is 248 g/mol. The Hall–Kier alpha value is -1.94. The van der Waals surface area contributed by atoms with Crippen LogP contribution >= 0.6 is 11.6 Å². The quantitative estimate of drug-likeness (QED) is 0.618. The fourth-order valence-corrected chi connectivity index (χ4v) is 1.61. The number of hydrogen-bond donors (Lipinski definition) is 0. The first-order chi connectivity index (χ1) is 8.15. The van der Waals surface area contributed by atoms with Gasteiger partial charge < -0.3 is 0 Å². The van der Waals surface area contributed by atoms with Gasteiger partial charge in [-0.3, -0.25) is 15.1 Å². The summed E-state index contributed by atoms with van der Waals surface area (Å²) in [5.74, 6) is 0. The zero-order chi connectivity index (χ0) is 12.3. The number of aromatic nitrogens is 1. The number of halogens is 1. The highest BCUT2D eigenvalue weighted by atomic mass is 35.5. The molecule has 0 aliphatic carbocycles. The molecule has 85 valence electrons. The topological polar surface area (TPSA) is 56.0 Å². The van der Waals surface area contributed by atoms with Gasteiger partial charge in [-0.25, -0.2) is 0 Å². The van der Waals surface area contributed by atoms with Crippen LogP contribution in [0.25, 0.3) is 0 Å². The Morgan fingerprint density at radius 1 is 1.24 bits per heavy atom. The second kappa shape index (κ2) is 4.93. The maximum Gasteiger partial charge on any atom is 0.269 e. The molecular formula is C12H8ClN2O2. The molecule has 1 aromatic heterocycles. The largest absolute Gasteiger partial charge is 0.269 e. The van der Waals surface area contributed by atoms with Gasteiger partial charge in [0.1, 0.15) is 0 Å². The number of rotatable bonds is 3. The first-order valence-electron chi connectivity index (χ1n) is 4.85. The highest BCUT2D eigenvalue weighted by Gasteiger charge is 2.06. The number of pyridine rings is 1. The van der Waals surface area contributed by atoms with Crippen LogP contribution in [0, 0.1) is 16.5 Å². The summed E-state index contributed by atoms with van der Waals surface area (Å²) in [4.78, 5) is 14.1. The third kappa shape index (κ3) is 3.01. The van der Waals surface area contributed by atoms with E-state index in [1.165, 1.54) is 18.3 Å². The zero-order valence-electron chi connectivity index (χ0n) is 8.71. The third-order valence-electron chi connectivity index (χ3n) is 2.14. The third-order valence-corrected chi connectivity index (χ3v) is 2.35. The Bertz CT molecular complexity index is 558. The Morgan fingerprint density at radius 3 is 2.76 bits per heavy atom. The zero-order valence-corrected chi connectivity index (χ0v) is 9.46. The van der Waals surface area contributed by atoms with Crippen molar-refractivity contribution in [3.63, 3.8) is 0 Å². The van der Waals surface area contributed by atoms with Crippen molar-refractivity contribution in [2.75, 3.05) is 0 Å². The van der Waals surface area contributed by atoms with E-state index in [-0.39, 0.29) is 5.69 Å². The van der Waals surface area contributed by atoms with Gasteiger partial charge in [-0.05, 0) is 17.2 Å². The fourth-order valence-electron chi connectivity index (χ4n) is 1.43. The molecule has 2 aromatic rings. The Balaban J connectivity index is 2.24. The van der Waals surface area contributed by atoms with E-state index in [0.29, 0.717) is 5.02 Å². The summed E-state index contributed by atoms with van der Waals surface area (Å²) < 4.78 is 0.